The summed E-state index contributed by atoms with van der Waals surface area (Å²) in [7, 11) is 0. The zero-order valence-electron chi connectivity index (χ0n) is 13.3. The van der Waals surface area contributed by atoms with Crippen molar-refractivity contribution >= 4 is 17.7 Å². The Kier molecular flexibility index (Phi) is 3.42. The van der Waals surface area contributed by atoms with Crippen LogP contribution in [-0.4, -0.2) is 29.9 Å². The minimum Gasteiger partial charge on any atom is -0.461 e. The molecule has 4 unspecified atom stereocenters. The molecule has 5 nitrogen and oxygen atoms in total. The number of carbonyl (C=O) groups excluding carboxylic acids is 3. The highest BCUT2D eigenvalue weighted by Crippen LogP contribution is 2.56. The van der Waals surface area contributed by atoms with Crippen molar-refractivity contribution in [1.82, 2.24) is 0 Å². The smallest absolute Gasteiger partial charge is 0.334 e. The van der Waals surface area contributed by atoms with Gasteiger partial charge in [-0.25, -0.2) is 4.79 Å². The number of Topliss-reactive ketones (excluding diaryl/α,β-unsaturated/α-hetero) is 1. The van der Waals surface area contributed by atoms with Crippen LogP contribution in [-0.2, 0) is 23.9 Å². The first-order chi connectivity index (χ1) is 10.3. The molecule has 2 aliphatic carbocycles. The van der Waals surface area contributed by atoms with Crippen LogP contribution in [0.1, 0.15) is 40.0 Å². The van der Waals surface area contributed by atoms with Gasteiger partial charge in [-0.3, -0.25) is 9.59 Å². The fourth-order valence-electron chi connectivity index (χ4n) is 4.81. The zero-order valence-corrected chi connectivity index (χ0v) is 13.3. The number of ether oxygens (including phenoxy) is 2. The predicted octanol–water partition coefficient (Wildman–Crippen LogP) is 2.04. The van der Waals surface area contributed by atoms with Crippen molar-refractivity contribution in [2.45, 2.75) is 52.2 Å². The molecule has 1 aliphatic heterocycles. The topological polar surface area (TPSA) is 69.7 Å². The van der Waals surface area contributed by atoms with Gasteiger partial charge in [0.15, 0.2) is 0 Å². The molecule has 0 aromatic rings. The maximum absolute atomic E-state index is 12.7. The Morgan fingerprint density at radius 1 is 1.41 bits per heavy atom. The molecule has 0 bridgehead atoms. The number of rotatable bonds is 1. The summed E-state index contributed by atoms with van der Waals surface area (Å²) in [6.07, 6.45) is 0.963. The summed E-state index contributed by atoms with van der Waals surface area (Å²) < 4.78 is 11.0. The summed E-state index contributed by atoms with van der Waals surface area (Å²) in [6, 6.07) is 0. The van der Waals surface area contributed by atoms with Crippen molar-refractivity contribution in [2.24, 2.45) is 23.2 Å². The summed E-state index contributed by atoms with van der Waals surface area (Å²) in [4.78, 5) is 36.2. The largest absolute Gasteiger partial charge is 0.461 e. The van der Waals surface area contributed by atoms with Crippen LogP contribution in [0.3, 0.4) is 0 Å². The molecule has 0 spiro atoms. The van der Waals surface area contributed by atoms with Gasteiger partial charge < -0.3 is 9.47 Å². The highest BCUT2D eigenvalue weighted by Gasteiger charge is 2.63. The monoisotopic (exact) mass is 306 g/mol. The molecule has 3 aliphatic rings. The third-order valence-electron chi connectivity index (χ3n) is 5.88. The highest BCUT2D eigenvalue weighted by molar-refractivity contribution is 5.93. The van der Waals surface area contributed by atoms with Crippen LogP contribution in [0.4, 0.5) is 0 Å². The quantitative estimate of drug-likeness (QED) is 0.548. The Labute approximate surface area is 130 Å². The normalized spacial score (nSPS) is 44.1. The summed E-state index contributed by atoms with van der Waals surface area (Å²) in [5.41, 5.74) is -0.438. The summed E-state index contributed by atoms with van der Waals surface area (Å²) in [5.74, 6) is -0.819. The molecular formula is C17H22O5. The van der Waals surface area contributed by atoms with Gasteiger partial charge in [0, 0.05) is 18.9 Å². The molecule has 1 saturated heterocycles. The standard InChI is InChI=1S/C17H22O5/c1-8-7-12-14(9(2)16(20)22-12)15(21-10(3)18)17(4)11(8)5-6-13(17)19/h8,11-12,14-15H,2,5-7H2,1,3-4H3/t8?,11?,12?,14-,15?,17+/m1/s1. The number of fused-ring (bicyclic) bond motifs is 2. The molecule has 0 aromatic carbocycles. The van der Waals surface area contributed by atoms with Crippen LogP contribution in [0.2, 0.25) is 0 Å². The average Bonchev–Trinajstić information content (AvgIpc) is 2.84. The van der Waals surface area contributed by atoms with Gasteiger partial charge in [0.1, 0.15) is 18.0 Å². The van der Waals surface area contributed by atoms with Crippen LogP contribution in [0, 0.1) is 23.2 Å². The highest BCUT2D eigenvalue weighted by atomic mass is 16.6. The average molecular weight is 306 g/mol. The molecular weight excluding hydrogens is 284 g/mol. The number of carbonyl (C=O) groups is 3. The van der Waals surface area contributed by atoms with Crippen molar-refractivity contribution in [3.63, 3.8) is 0 Å². The molecule has 2 saturated carbocycles. The Morgan fingerprint density at radius 3 is 2.73 bits per heavy atom. The number of esters is 2. The zero-order chi connectivity index (χ0) is 16.2. The van der Waals surface area contributed by atoms with Gasteiger partial charge in [0.05, 0.1) is 11.3 Å². The van der Waals surface area contributed by atoms with E-state index in [1.807, 2.05) is 6.92 Å². The fraction of sp³-hybridized carbons (Fsp3) is 0.706. The Hall–Kier alpha value is -1.65. The predicted molar refractivity (Wildman–Crippen MR) is 77.7 cm³/mol. The molecule has 1 heterocycles. The van der Waals surface area contributed by atoms with Gasteiger partial charge in [-0.15, -0.1) is 0 Å². The summed E-state index contributed by atoms with van der Waals surface area (Å²) in [5, 5.41) is 0. The molecule has 120 valence electrons. The number of hydrogen-bond acceptors (Lipinski definition) is 5. The first kappa shape index (κ1) is 15.3. The Morgan fingerprint density at radius 2 is 2.09 bits per heavy atom. The molecule has 3 rings (SSSR count). The summed E-state index contributed by atoms with van der Waals surface area (Å²) in [6.45, 7) is 9.14. The first-order valence-corrected chi connectivity index (χ1v) is 7.87. The number of ketones is 1. The van der Waals surface area contributed by atoms with E-state index in [-0.39, 0.29) is 23.7 Å². The van der Waals surface area contributed by atoms with E-state index in [0.29, 0.717) is 18.4 Å². The lowest BCUT2D eigenvalue weighted by Gasteiger charge is -2.39. The van der Waals surface area contributed by atoms with Crippen LogP contribution in [0.25, 0.3) is 0 Å². The molecule has 0 aromatic heterocycles. The maximum Gasteiger partial charge on any atom is 0.334 e. The molecule has 0 radical (unpaired) electrons. The van der Waals surface area contributed by atoms with Crippen LogP contribution in [0.5, 0.6) is 0 Å². The lowest BCUT2D eigenvalue weighted by Crippen LogP contribution is -2.48. The van der Waals surface area contributed by atoms with E-state index in [2.05, 4.69) is 13.5 Å². The van der Waals surface area contributed by atoms with E-state index >= 15 is 0 Å². The second-order valence-corrected chi connectivity index (χ2v) is 7.09. The van der Waals surface area contributed by atoms with Crippen molar-refractivity contribution in [1.29, 1.82) is 0 Å². The minimum absolute atomic E-state index is 0.114. The Balaban J connectivity index is 2.11. The van der Waals surface area contributed by atoms with Crippen molar-refractivity contribution in [3.05, 3.63) is 12.2 Å². The van der Waals surface area contributed by atoms with Gasteiger partial charge in [-0.05, 0) is 31.6 Å². The Bertz CT molecular complexity index is 565. The SMILES string of the molecule is C=C1C(=O)OC2CC(C)C3CCC(=O)[C@@]3(C)C(OC(C)=O)[C@H]12. The van der Waals surface area contributed by atoms with Crippen LogP contribution in [0.15, 0.2) is 12.2 Å². The molecule has 22 heavy (non-hydrogen) atoms. The van der Waals surface area contributed by atoms with E-state index in [0.717, 1.165) is 6.42 Å². The maximum atomic E-state index is 12.7. The van der Waals surface area contributed by atoms with Crippen LogP contribution >= 0.6 is 0 Å². The van der Waals surface area contributed by atoms with Gasteiger partial charge in [-0.2, -0.15) is 0 Å². The van der Waals surface area contributed by atoms with Crippen molar-refractivity contribution in [2.75, 3.05) is 0 Å². The lowest BCUT2D eigenvalue weighted by atomic mass is 9.68. The van der Waals surface area contributed by atoms with Crippen molar-refractivity contribution in [3.8, 4) is 0 Å². The molecule has 0 N–H and O–H groups in total. The molecule has 0 amide bonds. The van der Waals surface area contributed by atoms with Gasteiger partial charge in [-0.1, -0.05) is 13.5 Å². The third kappa shape index (κ3) is 1.94. The van der Waals surface area contributed by atoms with E-state index < -0.39 is 29.4 Å². The first-order valence-electron chi connectivity index (χ1n) is 7.87. The van der Waals surface area contributed by atoms with E-state index in [1.165, 1.54) is 6.92 Å². The number of hydrogen-bond donors (Lipinski definition) is 0. The van der Waals surface area contributed by atoms with Gasteiger partial charge >= 0.3 is 11.9 Å². The van der Waals surface area contributed by atoms with Crippen LogP contribution < -0.4 is 0 Å². The van der Waals surface area contributed by atoms with Gasteiger partial charge in [0.2, 0.25) is 0 Å². The summed E-state index contributed by atoms with van der Waals surface area (Å²) >= 11 is 0. The fourth-order valence-corrected chi connectivity index (χ4v) is 4.81. The second-order valence-electron chi connectivity index (χ2n) is 7.09. The van der Waals surface area contributed by atoms with E-state index in [1.54, 1.807) is 0 Å². The lowest BCUT2D eigenvalue weighted by molar-refractivity contribution is -0.163. The molecule has 6 atom stereocenters. The third-order valence-corrected chi connectivity index (χ3v) is 5.88. The van der Waals surface area contributed by atoms with E-state index in [4.69, 9.17) is 9.47 Å². The van der Waals surface area contributed by atoms with E-state index in [9.17, 15) is 14.4 Å². The molecule has 3 fully saturated rings. The van der Waals surface area contributed by atoms with Crippen molar-refractivity contribution < 1.29 is 23.9 Å². The van der Waals surface area contributed by atoms with Gasteiger partial charge in [0.25, 0.3) is 0 Å². The minimum atomic E-state index is -0.762. The second kappa shape index (κ2) is 4.93. The molecule has 5 heteroatoms.